The predicted octanol–water partition coefficient (Wildman–Crippen LogP) is 2.51. The van der Waals surface area contributed by atoms with E-state index < -0.39 is 0 Å². The van der Waals surface area contributed by atoms with Crippen LogP contribution in [0.2, 0.25) is 0 Å². The van der Waals surface area contributed by atoms with Gasteiger partial charge in [0.05, 0.1) is 5.69 Å². The van der Waals surface area contributed by atoms with Crippen molar-refractivity contribution >= 4 is 5.82 Å². The normalized spacial score (nSPS) is 10.4. The first-order valence-corrected chi connectivity index (χ1v) is 6.34. The van der Waals surface area contributed by atoms with Crippen LogP contribution in [0.25, 0.3) is 11.3 Å². The molecule has 0 amide bonds. The van der Waals surface area contributed by atoms with Crippen molar-refractivity contribution in [3.8, 4) is 11.3 Å². The SMILES string of the molecule is CCCNc1cc(-c2ccncc2)nc(COC)n1. The fraction of sp³-hybridized carbons (Fsp3) is 0.357. The average Bonchev–Trinajstić information content (AvgIpc) is 2.46. The first kappa shape index (κ1) is 13.4. The highest BCUT2D eigenvalue weighted by atomic mass is 16.5. The molecule has 1 N–H and O–H groups in total. The zero-order chi connectivity index (χ0) is 13.5. The van der Waals surface area contributed by atoms with Crippen LogP contribution in [0.15, 0.2) is 30.6 Å². The summed E-state index contributed by atoms with van der Waals surface area (Å²) in [6, 6.07) is 5.81. The minimum atomic E-state index is 0.403. The van der Waals surface area contributed by atoms with Crippen LogP contribution in [-0.2, 0) is 11.3 Å². The molecule has 0 spiro atoms. The third-order valence-corrected chi connectivity index (χ3v) is 2.58. The van der Waals surface area contributed by atoms with Crippen LogP contribution in [0.1, 0.15) is 19.2 Å². The zero-order valence-electron chi connectivity index (χ0n) is 11.3. The molecule has 2 heterocycles. The maximum atomic E-state index is 5.11. The first-order chi connectivity index (χ1) is 9.33. The average molecular weight is 258 g/mol. The summed E-state index contributed by atoms with van der Waals surface area (Å²) in [6.07, 6.45) is 4.56. The van der Waals surface area contributed by atoms with E-state index in [9.17, 15) is 0 Å². The maximum absolute atomic E-state index is 5.11. The molecular formula is C14H18N4O. The van der Waals surface area contributed by atoms with Gasteiger partial charge in [0.25, 0.3) is 0 Å². The summed E-state index contributed by atoms with van der Waals surface area (Å²) >= 11 is 0. The first-order valence-electron chi connectivity index (χ1n) is 6.34. The van der Waals surface area contributed by atoms with Crippen LogP contribution in [-0.4, -0.2) is 28.6 Å². The highest BCUT2D eigenvalue weighted by Gasteiger charge is 2.06. The number of pyridine rings is 1. The van der Waals surface area contributed by atoms with Gasteiger partial charge < -0.3 is 10.1 Å². The van der Waals surface area contributed by atoms with Crippen LogP contribution in [0, 0.1) is 0 Å². The number of methoxy groups -OCH3 is 1. The Labute approximate surface area is 113 Å². The summed E-state index contributed by atoms with van der Waals surface area (Å²) in [5.41, 5.74) is 1.90. The fourth-order valence-corrected chi connectivity index (χ4v) is 1.70. The molecule has 2 rings (SSSR count). The largest absolute Gasteiger partial charge is 0.377 e. The van der Waals surface area contributed by atoms with Crippen molar-refractivity contribution in [3.63, 3.8) is 0 Å². The Balaban J connectivity index is 2.33. The van der Waals surface area contributed by atoms with E-state index in [4.69, 9.17) is 4.74 Å². The summed E-state index contributed by atoms with van der Waals surface area (Å²) in [5, 5.41) is 3.28. The van der Waals surface area contributed by atoms with Gasteiger partial charge in [-0.3, -0.25) is 4.98 Å². The molecular weight excluding hydrogens is 240 g/mol. The van der Waals surface area contributed by atoms with E-state index in [2.05, 4.69) is 27.2 Å². The van der Waals surface area contributed by atoms with Crippen LogP contribution >= 0.6 is 0 Å². The third kappa shape index (κ3) is 3.72. The number of nitrogens with one attached hydrogen (secondary N) is 1. The molecule has 5 nitrogen and oxygen atoms in total. The Morgan fingerprint density at radius 1 is 1.21 bits per heavy atom. The van der Waals surface area contributed by atoms with Crippen LogP contribution in [0.3, 0.4) is 0 Å². The van der Waals surface area contributed by atoms with Crippen molar-refractivity contribution in [2.24, 2.45) is 0 Å². The van der Waals surface area contributed by atoms with Gasteiger partial charge in [0, 0.05) is 37.7 Å². The molecule has 0 aliphatic rings. The monoisotopic (exact) mass is 258 g/mol. The van der Waals surface area contributed by atoms with Crippen molar-refractivity contribution in [2.75, 3.05) is 19.0 Å². The molecule has 100 valence electrons. The molecule has 2 aromatic heterocycles. The van der Waals surface area contributed by atoms with Gasteiger partial charge in [-0.05, 0) is 18.6 Å². The summed E-state index contributed by atoms with van der Waals surface area (Å²) in [7, 11) is 1.64. The van der Waals surface area contributed by atoms with Crippen LogP contribution < -0.4 is 5.32 Å². The third-order valence-electron chi connectivity index (χ3n) is 2.58. The van der Waals surface area contributed by atoms with E-state index in [1.807, 2.05) is 18.2 Å². The molecule has 0 radical (unpaired) electrons. The van der Waals surface area contributed by atoms with E-state index in [1.54, 1.807) is 19.5 Å². The number of ether oxygens (including phenoxy) is 1. The van der Waals surface area contributed by atoms with E-state index >= 15 is 0 Å². The summed E-state index contributed by atoms with van der Waals surface area (Å²) in [4.78, 5) is 12.9. The zero-order valence-corrected chi connectivity index (χ0v) is 11.3. The Morgan fingerprint density at radius 3 is 2.68 bits per heavy atom. The molecule has 0 saturated heterocycles. The Morgan fingerprint density at radius 2 is 2.00 bits per heavy atom. The summed E-state index contributed by atoms with van der Waals surface area (Å²) in [5.74, 6) is 1.51. The molecule has 0 aromatic carbocycles. The molecule has 0 saturated carbocycles. The van der Waals surface area contributed by atoms with E-state index in [1.165, 1.54) is 0 Å². The lowest BCUT2D eigenvalue weighted by Crippen LogP contribution is -2.06. The molecule has 2 aromatic rings. The Bertz CT molecular complexity index is 516. The quantitative estimate of drug-likeness (QED) is 0.862. The smallest absolute Gasteiger partial charge is 0.157 e. The number of hydrogen-bond acceptors (Lipinski definition) is 5. The molecule has 5 heteroatoms. The van der Waals surface area contributed by atoms with E-state index in [0.717, 1.165) is 30.0 Å². The van der Waals surface area contributed by atoms with Crippen LogP contribution in [0.5, 0.6) is 0 Å². The lowest BCUT2D eigenvalue weighted by molar-refractivity contribution is 0.178. The van der Waals surface area contributed by atoms with Gasteiger partial charge in [-0.15, -0.1) is 0 Å². The lowest BCUT2D eigenvalue weighted by atomic mass is 10.2. The van der Waals surface area contributed by atoms with Crippen molar-refractivity contribution in [3.05, 3.63) is 36.4 Å². The van der Waals surface area contributed by atoms with Gasteiger partial charge >= 0.3 is 0 Å². The van der Waals surface area contributed by atoms with Crippen molar-refractivity contribution in [1.82, 2.24) is 15.0 Å². The molecule has 0 atom stereocenters. The molecule has 0 unspecified atom stereocenters. The highest BCUT2D eigenvalue weighted by Crippen LogP contribution is 2.19. The highest BCUT2D eigenvalue weighted by molar-refractivity contribution is 5.61. The molecule has 0 aliphatic heterocycles. The Kier molecular flexibility index (Phi) is 4.80. The second-order valence-electron chi connectivity index (χ2n) is 4.15. The fourth-order valence-electron chi connectivity index (χ4n) is 1.70. The number of hydrogen-bond donors (Lipinski definition) is 1. The van der Waals surface area contributed by atoms with Gasteiger partial charge in [0.1, 0.15) is 12.4 Å². The minimum Gasteiger partial charge on any atom is -0.377 e. The lowest BCUT2D eigenvalue weighted by Gasteiger charge is -2.09. The van der Waals surface area contributed by atoms with E-state index in [-0.39, 0.29) is 0 Å². The van der Waals surface area contributed by atoms with Gasteiger partial charge in [0.2, 0.25) is 0 Å². The molecule has 0 bridgehead atoms. The molecule has 19 heavy (non-hydrogen) atoms. The number of anilines is 1. The maximum Gasteiger partial charge on any atom is 0.157 e. The van der Waals surface area contributed by atoms with Gasteiger partial charge in [-0.2, -0.15) is 0 Å². The number of nitrogens with zero attached hydrogens (tertiary/aromatic N) is 3. The summed E-state index contributed by atoms with van der Waals surface area (Å²) < 4.78 is 5.11. The molecule has 0 fully saturated rings. The predicted molar refractivity (Wildman–Crippen MR) is 74.8 cm³/mol. The van der Waals surface area contributed by atoms with Crippen molar-refractivity contribution in [1.29, 1.82) is 0 Å². The van der Waals surface area contributed by atoms with Crippen LogP contribution in [0.4, 0.5) is 5.82 Å². The topological polar surface area (TPSA) is 59.9 Å². The van der Waals surface area contributed by atoms with Crippen molar-refractivity contribution in [2.45, 2.75) is 20.0 Å². The van der Waals surface area contributed by atoms with Gasteiger partial charge in [-0.1, -0.05) is 6.92 Å². The van der Waals surface area contributed by atoms with E-state index in [0.29, 0.717) is 12.4 Å². The Hall–Kier alpha value is -2.01. The van der Waals surface area contributed by atoms with Crippen molar-refractivity contribution < 1.29 is 4.74 Å². The van der Waals surface area contributed by atoms with Gasteiger partial charge in [0.15, 0.2) is 5.82 Å². The second kappa shape index (κ2) is 6.80. The number of rotatable bonds is 6. The number of aromatic nitrogens is 3. The minimum absolute atomic E-state index is 0.403. The second-order valence-corrected chi connectivity index (χ2v) is 4.15. The van der Waals surface area contributed by atoms with Gasteiger partial charge in [-0.25, -0.2) is 9.97 Å². The standard InChI is InChI=1S/C14H18N4O/c1-3-6-16-13-9-12(11-4-7-15-8-5-11)17-14(18-13)10-19-2/h4-5,7-9H,3,6,10H2,1-2H3,(H,16,17,18). The molecule has 0 aliphatic carbocycles. The summed E-state index contributed by atoms with van der Waals surface area (Å²) in [6.45, 7) is 3.41.